The summed E-state index contributed by atoms with van der Waals surface area (Å²) in [6, 6.07) is 7.82. The standard InChI is InChI=1S/C22H25N5O3/c1-3-19-25-22(26-30-19)17-12-23-14-24-21(17)16-10-11-27(13-16)20(28)9-8-15-6-4-5-7-18(15)29-2/h4-7,12,14,16H,3,8-11,13H2,1-2H3/t16-/m0/s1. The summed E-state index contributed by atoms with van der Waals surface area (Å²) in [7, 11) is 1.65. The van der Waals surface area contributed by atoms with Gasteiger partial charge < -0.3 is 14.2 Å². The number of ether oxygens (including phenoxy) is 1. The maximum Gasteiger partial charge on any atom is 0.226 e. The Morgan fingerprint density at radius 1 is 1.33 bits per heavy atom. The lowest BCUT2D eigenvalue weighted by molar-refractivity contribution is -0.130. The summed E-state index contributed by atoms with van der Waals surface area (Å²) in [6.07, 6.45) is 5.89. The zero-order chi connectivity index (χ0) is 20.9. The lowest BCUT2D eigenvalue weighted by Crippen LogP contribution is -2.28. The third-order valence-corrected chi connectivity index (χ3v) is 5.48. The van der Waals surface area contributed by atoms with Crippen LogP contribution >= 0.6 is 0 Å². The van der Waals surface area contributed by atoms with Gasteiger partial charge >= 0.3 is 0 Å². The van der Waals surface area contributed by atoms with Crippen molar-refractivity contribution in [1.29, 1.82) is 0 Å². The van der Waals surface area contributed by atoms with E-state index in [9.17, 15) is 4.79 Å². The zero-order valence-electron chi connectivity index (χ0n) is 17.2. The van der Waals surface area contributed by atoms with Crippen molar-refractivity contribution < 1.29 is 14.1 Å². The van der Waals surface area contributed by atoms with Crippen LogP contribution in [0.4, 0.5) is 0 Å². The molecule has 0 saturated carbocycles. The molecule has 8 heteroatoms. The number of carbonyl (C=O) groups is 1. The van der Waals surface area contributed by atoms with Crippen LogP contribution in [0.1, 0.15) is 42.8 Å². The Kier molecular flexibility index (Phi) is 6.02. The molecule has 2 aromatic heterocycles. The first-order chi connectivity index (χ1) is 14.7. The minimum atomic E-state index is 0.127. The molecular weight excluding hydrogens is 382 g/mol. The maximum atomic E-state index is 12.8. The normalized spacial score (nSPS) is 16.1. The highest BCUT2D eigenvalue weighted by Gasteiger charge is 2.30. The number of nitrogens with zero attached hydrogens (tertiary/aromatic N) is 5. The molecule has 1 atom stereocenters. The van der Waals surface area contributed by atoms with Gasteiger partial charge in [-0.05, 0) is 24.5 Å². The fourth-order valence-electron chi connectivity index (χ4n) is 3.86. The van der Waals surface area contributed by atoms with Crippen molar-refractivity contribution in [2.45, 2.75) is 38.5 Å². The summed E-state index contributed by atoms with van der Waals surface area (Å²) >= 11 is 0. The second-order valence-electron chi connectivity index (χ2n) is 7.32. The van der Waals surface area contributed by atoms with Crippen LogP contribution in [-0.2, 0) is 17.6 Å². The van der Waals surface area contributed by atoms with Gasteiger partial charge in [-0.2, -0.15) is 4.98 Å². The molecule has 0 unspecified atom stereocenters. The van der Waals surface area contributed by atoms with Crippen molar-refractivity contribution in [2.24, 2.45) is 0 Å². The summed E-state index contributed by atoms with van der Waals surface area (Å²) in [4.78, 5) is 27.8. The van der Waals surface area contributed by atoms with Crippen molar-refractivity contribution in [3.05, 3.63) is 53.9 Å². The van der Waals surface area contributed by atoms with Gasteiger partial charge in [0.15, 0.2) is 0 Å². The van der Waals surface area contributed by atoms with Crippen molar-refractivity contribution >= 4 is 5.91 Å². The molecule has 1 aliphatic rings. The van der Waals surface area contributed by atoms with E-state index in [1.165, 1.54) is 6.33 Å². The number of methoxy groups -OCH3 is 1. The highest BCUT2D eigenvalue weighted by Crippen LogP contribution is 2.32. The van der Waals surface area contributed by atoms with Crippen molar-refractivity contribution in [1.82, 2.24) is 25.0 Å². The Bertz CT molecular complexity index is 1020. The van der Waals surface area contributed by atoms with Gasteiger partial charge in [0.2, 0.25) is 17.6 Å². The molecule has 1 aromatic carbocycles. The summed E-state index contributed by atoms with van der Waals surface area (Å²) in [5.74, 6) is 2.18. The molecule has 0 aliphatic carbocycles. The predicted octanol–water partition coefficient (Wildman–Crippen LogP) is 3.05. The Morgan fingerprint density at radius 2 is 2.20 bits per heavy atom. The van der Waals surface area contributed by atoms with Crippen molar-refractivity contribution in [2.75, 3.05) is 20.2 Å². The summed E-state index contributed by atoms with van der Waals surface area (Å²) < 4.78 is 10.6. The number of rotatable bonds is 7. The van der Waals surface area contributed by atoms with E-state index in [1.54, 1.807) is 13.3 Å². The Balaban J connectivity index is 1.43. The van der Waals surface area contributed by atoms with Gasteiger partial charge in [0.1, 0.15) is 12.1 Å². The smallest absolute Gasteiger partial charge is 0.226 e. The van der Waals surface area contributed by atoms with Crippen LogP contribution in [0.2, 0.25) is 0 Å². The number of amides is 1. The predicted molar refractivity (Wildman–Crippen MR) is 110 cm³/mol. The zero-order valence-corrected chi connectivity index (χ0v) is 17.2. The minimum Gasteiger partial charge on any atom is -0.496 e. The molecular formula is C22H25N5O3. The van der Waals surface area contributed by atoms with E-state index in [0.717, 1.165) is 29.0 Å². The number of hydrogen-bond donors (Lipinski definition) is 0. The Labute approximate surface area is 175 Å². The van der Waals surface area contributed by atoms with E-state index >= 15 is 0 Å². The number of hydrogen-bond acceptors (Lipinski definition) is 7. The first kappa shape index (κ1) is 20.0. The van der Waals surface area contributed by atoms with Crippen LogP contribution in [0.5, 0.6) is 5.75 Å². The molecule has 4 rings (SSSR count). The molecule has 0 spiro atoms. The molecule has 1 amide bonds. The van der Waals surface area contributed by atoms with E-state index in [1.807, 2.05) is 36.1 Å². The van der Waals surface area contributed by atoms with Crippen molar-refractivity contribution in [3.63, 3.8) is 0 Å². The first-order valence-electron chi connectivity index (χ1n) is 10.2. The molecule has 0 radical (unpaired) electrons. The van der Waals surface area contributed by atoms with E-state index in [2.05, 4.69) is 20.1 Å². The van der Waals surface area contributed by atoms with Gasteiger partial charge in [-0.25, -0.2) is 9.97 Å². The molecule has 3 heterocycles. The maximum absolute atomic E-state index is 12.8. The van der Waals surface area contributed by atoms with E-state index < -0.39 is 0 Å². The van der Waals surface area contributed by atoms with Crippen LogP contribution in [0.15, 0.2) is 41.3 Å². The van der Waals surface area contributed by atoms with E-state index in [-0.39, 0.29) is 11.8 Å². The molecule has 1 aliphatic heterocycles. The second-order valence-corrected chi connectivity index (χ2v) is 7.32. The fraction of sp³-hybridized carbons (Fsp3) is 0.409. The minimum absolute atomic E-state index is 0.127. The molecule has 3 aromatic rings. The van der Waals surface area contributed by atoms with Crippen LogP contribution in [0, 0.1) is 0 Å². The highest BCUT2D eigenvalue weighted by atomic mass is 16.5. The number of aromatic nitrogens is 4. The van der Waals surface area contributed by atoms with E-state index in [0.29, 0.717) is 44.1 Å². The molecule has 156 valence electrons. The number of aryl methyl sites for hydroxylation is 2. The summed E-state index contributed by atoms with van der Waals surface area (Å²) in [6.45, 7) is 3.31. The Morgan fingerprint density at radius 3 is 3.00 bits per heavy atom. The number of carbonyl (C=O) groups excluding carboxylic acids is 1. The lowest BCUT2D eigenvalue weighted by Gasteiger charge is -2.17. The molecule has 1 fully saturated rings. The average molecular weight is 407 g/mol. The van der Waals surface area contributed by atoms with Gasteiger partial charge in [0.25, 0.3) is 0 Å². The topological polar surface area (TPSA) is 94.2 Å². The van der Waals surface area contributed by atoms with Crippen LogP contribution in [0.3, 0.4) is 0 Å². The van der Waals surface area contributed by atoms with Crippen LogP contribution < -0.4 is 4.74 Å². The van der Waals surface area contributed by atoms with Gasteiger partial charge in [-0.1, -0.05) is 30.3 Å². The molecule has 30 heavy (non-hydrogen) atoms. The van der Waals surface area contributed by atoms with Gasteiger partial charge in [-0.3, -0.25) is 4.79 Å². The number of likely N-dealkylation sites (tertiary alicyclic amines) is 1. The summed E-state index contributed by atoms with van der Waals surface area (Å²) in [5, 5.41) is 4.06. The largest absolute Gasteiger partial charge is 0.496 e. The van der Waals surface area contributed by atoms with Crippen LogP contribution in [0.25, 0.3) is 11.4 Å². The lowest BCUT2D eigenvalue weighted by atomic mass is 10.00. The second kappa shape index (κ2) is 9.02. The third-order valence-electron chi connectivity index (χ3n) is 5.48. The van der Waals surface area contributed by atoms with Crippen molar-refractivity contribution in [3.8, 4) is 17.1 Å². The molecule has 0 N–H and O–H groups in total. The van der Waals surface area contributed by atoms with Gasteiger partial charge in [0.05, 0.1) is 18.4 Å². The quantitative estimate of drug-likeness (QED) is 0.594. The molecule has 0 bridgehead atoms. The third kappa shape index (κ3) is 4.17. The van der Waals surface area contributed by atoms with Gasteiger partial charge in [-0.15, -0.1) is 0 Å². The van der Waals surface area contributed by atoms with Gasteiger partial charge in [0, 0.05) is 38.0 Å². The SMILES string of the molecule is CCc1nc(-c2cncnc2[C@H]2CCN(C(=O)CCc3ccccc3OC)C2)no1. The fourth-order valence-corrected chi connectivity index (χ4v) is 3.86. The number of benzene rings is 1. The molecule has 1 saturated heterocycles. The number of para-hydroxylation sites is 1. The summed E-state index contributed by atoms with van der Waals surface area (Å²) in [5.41, 5.74) is 2.69. The first-order valence-corrected chi connectivity index (χ1v) is 10.2. The molecule has 8 nitrogen and oxygen atoms in total. The monoisotopic (exact) mass is 407 g/mol. The average Bonchev–Trinajstić information content (AvgIpc) is 3.47. The van der Waals surface area contributed by atoms with Crippen LogP contribution in [-0.4, -0.2) is 51.1 Å². The van der Waals surface area contributed by atoms with E-state index in [4.69, 9.17) is 9.26 Å². The Hall–Kier alpha value is -3.29. The highest BCUT2D eigenvalue weighted by molar-refractivity contribution is 5.77.